The molecule has 0 atom stereocenters. The lowest BCUT2D eigenvalue weighted by Crippen LogP contribution is -2.39. The van der Waals surface area contributed by atoms with Crippen molar-refractivity contribution in [2.45, 2.75) is 6.54 Å². The second kappa shape index (κ2) is 9.05. The van der Waals surface area contributed by atoms with E-state index in [0.717, 1.165) is 4.57 Å². The van der Waals surface area contributed by atoms with E-state index in [-0.39, 0.29) is 36.9 Å². The summed E-state index contributed by atoms with van der Waals surface area (Å²) in [6, 6.07) is 10.5. The molecule has 4 rings (SSSR count). The van der Waals surface area contributed by atoms with Gasteiger partial charge in [-0.1, -0.05) is 35.3 Å². The number of hydrogen-bond acceptors (Lipinski definition) is 5. The molecule has 0 bridgehead atoms. The standard InChI is InChI=1S/C21H17Cl2FN4O4/c1-27-18-17(19(29)28(21(27)30)11-12-2-5-14(24)6-3-12)25-20(26-18)32-9-8-31-16-7-4-13(22)10-15(16)23/h2-7,10H,8-9,11H2,1H3,(H,25,26). The zero-order valence-electron chi connectivity index (χ0n) is 16.8. The summed E-state index contributed by atoms with van der Waals surface area (Å²) in [6.45, 7) is 0.259. The maximum absolute atomic E-state index is 13.1. The Morgan fingerprint density at radius 1 is 1.06 bits per heavy atom. The molecule has 0 unspecified atom stereocenters. The summed E-state index contributed by atoms with van der Waals surface area (Å²) in [7, 11) is 1.50. The van der Waals surface area contributed by atoms with E-state index in [9.17, 15) is 14.0 Å². The van der Waals surface area contributed by atoms with E-state index >= 15 is 0 Å². The number of rotatable bonds is 7. The van der Waals surface area contributed by atoms with Crippen LogP contribution in [-0.2, 0) is 13.6 Å². The van der Waals surface area contributed by atoms with Gasteiger partial charge in [-0.05, 0) is 35.9 Å². The number of aromatic nitrogens is 4. The fourth-order valence-electron chi connectivity index (χ4n) is 3.09. The Balaban J connectivity index is 1.51. The molecule has 2 heterocycles. The molecular formula is C21H17Cl2FN4O4. The number of nitrogens with one attached hydrogen (secondary N) is 1. The molecule has 8 nitrogen and oxygen atoms in total. The van der Waals surface area contributed by atoms with Gasteiger partial charge in [0.05, 0.1) is 11.6 Å². The maximum Gasteiger partial charge on any atom is 0.332 e. The summed E-state index contributed by atoms with van der Waals surface area (Å²) < 4.78 is 26.5. The molecule has 166 valence electrons. The topological polar surface area (TPSA) is 91.1 Å². The van der Waals surface area contributed by atoms with Crippen LogP contribution in [0.15, 0.2) is 52.1 Å². The Bertz CT molecular complexity index is 1400. The van der Waals surface area contributed by atoms with Crippen molar-refractivity contribution < 1.29 is 13.9 Å². The number of halogens is 3. The van der Waals surface area contributed by atoms with Crippen molar-refractivity contribution in [2.24, 2.45) is 7.05 Å². The van der Waals surface area contributed by atoms with Gasteiger partial charge in [-0.15, -0.1) is 0 Å². The molecule has 2 aromatic heterocycles. The smallest absolute Gasteiger partial charge is 0.332 e. The van der Waals surface area contributed by atoms with Crippen LogP contribution in [-0.4, -0.2) is 32.3 Å². The lowest BCUT2D eigenvalue weighted by molar-refractivity contribution is 0.208. The van der Waals surface area contributed by atoms with Gasteiger partial charge in [0, 0.05) is 12.1 Å². The summed E-state index contributed by atoms with van der Waals surface area (Å²) >= 11 is 11.9. The molecule has 11 heteroatoms. The Morgan fingerprint density at radius 2 is 1.78 bits per heavy atom. The van der Waals surface area contributed by atoms with Gasteiger partial charge in [0.1, 0.15) is 24.8 Å². The summed E-state index contributed by atoms with van der Waals surface area (Å²) in [4.78, 5) is 32.5. The van der Waals surface area contributed by atoms with Crippen molar-refractivity contribution >= 4 is 34.4 Å². The van der Waals surface area contributed by atoms with Crippen LogP contribution >= 0.6 is 23.2 Å². The van der Waals surface area contributed by atoms with Crippen LogP contribution < -0.4 is 20.7 Å². The average molecular weight is 479 g/mol. The van der Waals surface area contributed by atoms with Crippen LogP contribution in [0, 0.1) is 5.82 Å². The van der Waals surface area contributed by atoms with Crippen molar-refractivity contribution in [3.63, 3.8) is 0 Å². The van der Waals surface area contributed by atoms with Gasteiger partial charge in [0.15, 0.2) is 11.2 Å². The molecule has 2 aromatic carbocycles. The molecule has 0 fully saturated rings. The molecule has 0 spiro atoms. The summed E-state index contributed by atoms with van der Waals surface area (Å²) in [5.41, 5.74) is -0.221. The first-order valence-corrected chi connectivity index (χ1v) is 10.2. The molecule has 0 saturated carbocycles. The van der Waals surface area contributed by atoms with Crippen molar-refractivity contribution in [1.82, 2.24) is 19.1 Å². The number of fused-ring (bicyclic) bond motifs is 1. The highest BCUT2D eigenvalue weighted by molar-refractivity contribution is 6.35. The van der Waals surface area contributed by atoms with Gasteiger partial charge in [0.25, 0.3) is 11.6 Å². The molecule has 0 radical (unpaired) electrons. The third kappa shape index (κ3) is 4.49. The molecule has 0 aliphatic carbocycles. The third-order valence-electron chi connectivity index (χ3n) is 4.69. The highest BCUT2D eigenvalue weighted by Crippen LogP contribution is 2.27. The van der Waals surface area contributed by atoms with E-state index in [2.05, 4.69) is 9.97 Å². The number of hydrogen-bond donors (Lipinski definition) is 1. The minimum absolute atomic E-state index is 0.00731. The van der Waals surface area contributed by atoms with Crippen molar-refractivity contribution in [3.05, 3.63) is 84.7 Å². The second-order valence-electron chi connectivity index (χ2n) is 6.87. The van der Waals surface area contributed by atoms with Crippen LogP contribution in [0.1, 0.15) is 5.56 Å². The van der Waals surface area contributed by atoms with Crippen molar-refractivity contribution in [2.75, 3.05) is 13.2 Å². The Morgan fingerprint density at radius 3 is 2.50 bits per heavy atom. The van der Waals surface area contributed by atoms with E-state index in [4.69, 9.17) is 32.7 Å². The van der Waals surface area contributed by atoms with Gasteiger partial charge in [-0.25, -0.2) is 9.18 Å². The Kier molecular flexibility index (Phi) is 6.20. The van der Waals surface area contributed by atoms with Crippen LogP contribution in [0.3, 0.4) is 0 Å². The predicted octanol–water partition coefficient (Wildman–Crippen LogP) is 3.38. The Labute approximate surface area is 190 Å². The number of benzene rings is 2. The van der Waals surface area contributed by atoms with Crippen molar-refractivity contribution in [1.29, 1.82) is 0 Å². The lowest BCUT2D eigenvalue weighted by atomic mass is 10.2. The molecule has 0 saturated heterocycles. The van der Waals surface area contributed by atoms with Gasteiger partial charge >= 0.3 is 5.69 Å². The van der Waals surface area contributed by atoms with Crippen LogP contribution in [0.2, 0.25) is 10.0 Å². The fourth-order valence-corrected chi connectivity index (χ4v) is 3.55. The molecular weight excluding hydrogens is 462 g/mol. The van der Waals surface area contributed by atoms with Crippen LogP contribution in [0.25, 0.3) is 11.2 Å². The van der Waals surface area contributed by atoms with E-state index in [1.54, 1.807) is 18.2 Å². The van der Waals surface area contributed by atoms with Gasteiger partial charge < -0.3 is 14.5 Å². The Hall–Kier alpha value is -3.30. The number of aromatic amines is 1. The highest BCUT2D eigenvalue weighted by atomic mass is 35.5. The SMILES string of the molecule is Cn1c(=O)n(Cc2ccc(F)cc2)c(=O)c2[nH]c(OCCOc3ccc(Cl)cc3Cl)nc21. The summed E-state index contributed by atoms with van der Waals surface area (Å²) in [6.07, 6.45) is 0. The molecule has 32 heavy (non-hydrogen) atoms. The molecule has 0 aliphatic heterocycles. The minimum atomic E-state index is -0.557. The first-order chi connectivity index (χ1) is 15.3. The van der Waals surface area contributed by atoms with Crippen molar-refractivity contribution in [3.8, 4) is 11.8 Å². The largest absolute Gasteiger partial charge is 0.488 e. The zero-order valence-corrected chi connectivity index (χ0v) is 18.3. The quantitative estimate of drug-likeness (QED) is 0.411. The maximum atomic E-state index is 13.1. The normalized spacial score (nSPS) is 11.1. The monoisotopic (exact) mass is 478 g/mol. The third-order valence-corrected chi connectivity index (χ3v) is 5.22. The molecule has 4 aromatic rings. The van der Waals surface area contributed by atoms with Gasteiger partial charge in [-0.3, -0.25) is 13.9 Å². The summed E-state index contributed by atoms with van der Waals surface area (Å²) in [5, 5.41) is 0.870. The number of H-pyrrole nitrogens is 1. The molecule has 0 amide bonds. The fraction of sp³-hybridized carbons (Fsp3) is 0.190. The average Bonchev–Trinajstić information content (AvgIpc) is 3.20. The second-order valence-corrected chi connectivity index (χ2v) is 7.72. The minimum Gasteiger partial charge on any atom is -0.488 e. The van der Waals surface area contributed by atoms with E-state index in [1.807, 2.05) is 0 Å². The number of imidazole rings is 1. The highest BCUT2D eigenvalue weighted by Gasteiger charge is 2.16. The first-order valence-electron chi connectivity index (χ1n) is 9.48. The number of ether oxygens (including phenoxy) is 2. The van der Waals surface area contributed by atoms with Crippen LogP contribution in [0.4, 0.5) is 4.39 Å². The van der Waals surface area contributed by atoms with E-state index < -0.39 is 17.1 Å². The lowest BCUT2D eigenvalue weighted by Gasteiger charge is -2.08. The summed E-state index contributed by atoms with van der Waals surface area (Å²) in [5.74, 6) is 0.0532. The van der Waals surface area contributed by atoms with E-state index in [1.165, 1.54) is 35.9 Å². The molecule has 1 N–H and O–H groups in total. The number of nitrogens with zero attached hydrogens (tertiary/aromatic N) is 3. The zero-order chi connectivity index (χ0) is 22.8. The molecule has 0 aliphatic rings. The predicted molar refractivity (Wildman–Crippen MR) is 119 cm³/mol. The van der Waals surface area contributed by atoms with Crippen LogP contribution in [0.5, 0.6) is 11.8 Å². The number of aryl methyl sites for hydroxylation is 1. The first kappa shape index (κ1) is 21.9. The van der Waals surface area contributed by atoms with E-state index in [0.29, 0.717) is 21.4 Å². The van der Waals surface area contributed by atoms with Gasteiger partial charge in [0.2, 0.25) is 0 Å². The van der Waals surface area contributed by atoms with Gasteiger partial charge in [-0.2, -0.15) is 4.98 Å².